The second-order valence-corrected chi connectivity index (χ2v) is 5.94. The van der Waals surface area contributed by atoms with Crippen molar-refractivity contribution in [2.24, 2.45) is 11.7 Å². The fraction of sp³-hybridized carbons (Fsp3) is 0.750. The molecular formula is C12H22N4S. The van der Waals surface area contributed by atoms with Crippen LogP contribution in [0, 0.1) is 5.92 Å². The van der Waals surface area contributed by atoms with Crippen LogP contribution in [-0.4, -0.2) is 36.6 Å². The minimum atomic E-state index is 0.590. The first-order chi connectivity index (χ1) is 8.28. The van der Waals surface area contributed by atoms with Gasteiger partial charge in [-0.3, -0.25) is 0 Å². The highest BCUT2D eigenvalue weighted by Crippen LogP contribution is 2.20. The van der Waals surface area contributed by atoms with Gasteiger partial charge in [0.05, 0.1) is 0 Å². The summed E-state index contributed by atoms with van der Waals surface area (Å²) < 4.78 is 0. The molecule has 0 radical (unpaired) electrons. The molecule has 1 atom stereocenters. The molecule has 2 rings (SSSR count). The minimum Gasteiger partial charge on any atom is -0.362 e. The quantitative estimate of drug-likeness (QED) is 0.840. The SMILES string of the molecule is CN1CCCC(CCNc2ncc(CN)s2)C1. The van der Waals surface area contributed by atoms with Crippen molar-refractivity contribution < 1.29 is 0 Å². The number of piperidine rings is 1. The normalized spacial score (nSPS) is 21.6. The Hall–Kier alpha value is -0.650. The van der Waals surface area contributed by atoms with Crippen LogP contribution < -0.4 is 11.1 Å². The molecule has 17 heavy (non-hydrogen) atoms. The van der Waals surface area contributed by atoms with E-state index in [0.29, 0.717) is 6.54 Å². The fourth-order valence-electron chi connectivity index (χ4n) is 2.38. The van der Waals surface area contributed by atoms with Gasteiger partial charge in [-0.2, -0.15) is 0 Å². The molecule has 0 saturated carbocycles. The molecular weight excluding hydrogens is 232 g/mol. The molecule has 3 N–H and O–H groups in total. The van der Waals surface area contributed by atoms with Gasteiger partial charge in [0.1, 0.15) is 0 Å². The first-order valence-electron chi connectivity index (χ1n) is 6.35. The molecule has 0 aliphatic carbocycles. The maximum absolute atomic E-state index is 5.56. The molecule has 1 aromatic heterocycles. The van der Waals surface area contributed by atoms with Crippen molar-refractivity contribution in [2.75, 3.05) is 32.0 Å². The second-order valence-electron chi connectivity index (χ2n) is 4.82. The number of hydrogen-bond donors (Lipinski definition) is 2. The van der Waals surface area contributed by atoms with E-state index in [-0.39, 0.29) is 0 Å². The number of thiazole rings is 1. The van der Waals surface area contributed by atoms with Crippen LogP contribution in [-0.2, 0) is 6.54 Å². The Bertz CT molecular complexity index is 339. The number of rotatable bonds is 5. The third-order valence-corrected chi connectivity index (χ3v) is 4.28. The molecule has 0 aromatic carbocycles. The van der Waals surface area contributed by atoms with E-state index >= 15 is 0 Å². The van der Waals surface area contributed by atoms with Crippen molar-refractivity contribution in [1.82, 2.24) is 9.88 Å². The first-order valence-corrected chi connectivity index (χ1v) is 7.16. The second kappa shape index (κ2) is 6.33. The Kier molecular flexibility index (Phi) is 4.76. The Morgan fingerprint density at radius 3 is 3.24 bits per heavy atom. The van der Waals surface area contributed by atoms with E-state index < -0.39 is 0 Å². The Labute approximate surface area is 107 Å². The van der Waals surface area contributed by atoms with Gasteiger partial charge >= 0.3 is 0 Å². The van der Waals surface area contributed by atoms with Gasteiger partial charge in [0.25, 0.3) is 0 Å². The molecule has 4 nitrogen and oxygen atoms in total. The molecule has 2 heterocycles. The zero-order chi connectivity index (χ0) is 12.1. The van der Waals surface area contributed by atoms with Gasteiger partial charge in [-0.25, -0.2) is 4.98 Å². The predicted molar refractivity (Wildman–Crippen MR) is 73.3 cm³/mol. The molecule has 5 heteroatoms. The summed E-state index contributed by atoms with van der Waals surface area (Å²) in [6.07, 6.45) is 5.82. The Morgan fingerprint density at radius 1 is 1.65 bits per heavy atom. The van der Waals surface area contributed by atoms with Crippen LogP contribution in [0.5, 0.6) is 0 Å². The molecule has 96 valence electrons. The number of aromatic nitrogens is 1. The zero-order valence-electron chi connectivity index (χ0n) is 10.5. The molecule has 0 amide bonds. The lowest BCUT2D eigenvalue weighted by atomic mass is 9.95. The van der Waals surface area contributed by atoms with E-state index in [1.165, 1.54) is 32.4 Å². The average Bonchev–Trinajstić information content (AvgIpc) is 2.77. The molecule has 1 aromatic rings. The van der Waals surface area contributed by atoms with Crippen LogP contribution in [0.3, 0.4) is 0 Å². The van der Waals surface area contributed by atoms with Crippen molar-refractivity contribution in [2.45, 2.75) is 25.8 Å². The van der Waals surface area contributed by atoms with Gasteiger partial charge in [0.2, 0.25) is 0 Å². The fourth-order valence-corrected chi connectivity index (χ4v) is 3.09. The average molecular weight is 254 g/mol. The summed E-state index contributed by atoms with van der Waals surface area (Å²) in [5.41, 5.74) is 5.56. The van der Waals surface area contributed by atoms with E-state index in [0.717, 1.165) is 22.5 Å². The summed E-state index contributed by atoms with van der Waals surface area (Å²) >= 11 is 1.66. The molecule has 0 bridgehead atoms. The van der Waals surface area contributed by atoms with Gasteiger partial charge in [0.15, 0.2) is 5.13 Å². The van der Waals surface area contributed by atoms with Crippen LogP contribution >= 0.6 is 11.3 Å². The van der Waals surface area contributed by atoms with E-state index in [1.807, 2.05) is 6.20 Å². The zero-order valence-corrected chi connectivity index (χ0v) is 11.3. The minimum absolute atomic E-state index is 0.590. The number of nitrogens with zero attached hydrogens (tertiary/aromatic N) is 2. The molecule has 1 unspecified atom stereocenters. The number of nitrogens with two attached hydrogens (primary N) is 1. The molecule has 1 aliphatic heterocycles. The van der Waals surface area contributed by atoms with E-state index in [2.05, 4.69) is 22.2 Å². The number of nitrogens with one attached hydrogen (secondary N) is 1. The van der Waals surface area contributed by atoms with E-state index in [4.69, 9.17) is 5.73 Å². The Balaban J connectivity index is 1.68. The summed E-state index contributed by atoms with van der Waals surface area (Å²) in [6, 6.07) is 0. The van der Waals surface area contributed by atoms with Crippen LogP contribution in [0.15, 0.2) is 6.20 Å². The Morgan fingerprint density at radius 2 is 2.53 bits per heavy atom. The van der Waals surface area contributed by atoms with Gasteiger partial charge in [-0.1, -0.05) is 0 Å². The van der Waals surface area contributed by atoms with Crippen LogP contribution in [0.1, 0.15) is 24.1 Å². The van der Waals surface area contributed by atoms with Gasteiger partial charge in [-0.15, -0.1) is 11.3 Å². The lowest BCUT2D eigenvalue weighted by molar-refractivity contribution is 0.205. The number of hydrogen-bond acceptors (Lipinski definition) is 5. The van der Waals surface area contributed by atoms with Crippen molar-refractivity contribution in [3.05, 3.63) is 11.1 Å². The lowest BCUT2D eigenvalue weighted by Crippen LogP contribution is -2.32. The lowest BCUT2D eigenvalue weighted by Gasteiger charge is -2.29. The maximum atomic E-state index is 5.56. The highest BCUT2D eigenvalue weighted by molar-refractivity contribution is 7.15. The van der Waals surface area contributed by atoms with Gasteiger partial charge < -0.3 is 16.0 Å². The van der Waals surface area contributed by atoms with Crippen molar-refractivity contribution in [3.8, 4) is 0 Å². The monoisotopic (exact) mass is 254 g/mol. The molecule has 0 spiro atoms. The summed E-state index contributed by atoms with van der Waals surface area (Å²) in [4.78, 5) is 7.88. The van der Waals surface area contributed by atoms with Crippen LogP contribution in [0.2, 0.25) is 0 Å². The number of anilines is 1. The maximum Gasteiger partial charge on any atom is 0.182 e. The third kappa shape index (κ3) is 3.94. The van der Waals surface area contributed by atoms with Gasteiger partial charge in [0, 0.05) is 30.7 Å². The van der Waals surface area contributed by atoms with E-state index in [1.54, 1.807) is 11.3 Å². The van der Waals surface area contributed by atoms with E-state index in [9.17, 15) is 0 Å². The largest absolute Gasteiger partial charge is 0.362 e. The first kappa shape index (κ1) is 12.8. The van der Waals surface area contributed by atoms with Gasteiger partial charge in [-0.05, 0) is 38.8 Å². The molecule has 1 saturated heterocycles. The summed E-state index contributed by atoms with van der Waals surface area (Å²) in [5, 5.41) is 4.40. The number of likely N-dealkylation sites (tertiary alicyclic amines) is 1. The predicted octanol–water partition coefficient (Wildman–Crippen LogP) is 1.75. The molecule has 1 aliphatic rings. The molecule has 1 fully saturated rings. The summed E-state index contributed by atoms with van der Waals surface area (Å²) in [6.45, 7) is 4.12. The highest BCUT2D eigenvalue weighted by atomic mass is 32.1. The van der Waals surface area contributed by atoms with Crippen molar-refractivity contribution in [1.29, 1.82) is 0 Å². The van der Waals surface area contributed by atoms with Crippen LogP contribution in [0.25, 0.3) is 0 Å². The summed E-state index contributed by atoms with van der Waals surface area (Å²) in [7, 11) is 2.22. The van der Waals surface area contributed by atoms with Crippen molar-refractivity contribution >= 4 is 16.5 Å². The van der Waals surface area contributed by atoms with Crippen molar-refractivity contribution in [3.63, 3.8) is 0 Å². The smallest absolute Gasteiger partial charge is 0.182 e. The van der Waals surface area contributed by atoms with Crippen LogP contribution in [0.4, 0.5) is 5.13 Å². The topological polar surface area (TPSA) is 54.2 Å². The summed E-state index contributed by atoms with van der Waals surface area (Å²) in [5.74, 6) is 0.843. The highest BCUT2D eigenvalue weighted by Gasteiger charge is 2.16. The standard InChI is InChI=1S/C12H22N4S/c1-16-6-2-3-10(9-16)4-5-14-12-15-8-11(7-13)17-12/h8,10H,2-7,9,13H2,1H3,(H,14,15). The third-order valence-electron chi connectivity index (χ3n) is 3.31.